The van der Waals surface area contributed by atoms with E-state index in [1.807, 2.05) is 0 Å². The quantitative estimate of drug-likeness (QED) is 0.595. The van der Waals surface area contributed by atoms with Crippen LogP contribution in [0, 0.1) is 0 Å². The largest absolute Gasteiger partial charge is 0.543 e. The summed E-state index contributed by atoms with van der Waals surface area (Å²) in [5, 5.41) is 0. The Kier molecular flexibility index (Phi) is 5.18. The van der Waals surface area contributed by atoms with E-state index in [0.29, 0.717) is 16.6 Å². The fraction of sp³-hybridized carbons (Fsp3) is 0.684. The second kappa shape index (κ2) is 6.56. The molecule has 0 aromatic heterocycles. The van der Waals surface area contributed by atoms with Gasteiger partial charge in [-0.2, -0.15) is 0 Å². The second-order valence-electron chi connectivity index (χ2n) is 7.56. The Morgan fingerprint density at radius 1 is 0.810 bits per heavy atom. The molecule has 0 fully saturated rings. The Morgan fingerprint density at radius 2 is 1.33 bits per heavy atom. The summed E-state index contributed by atoms with van der Waals surface area (Å²) in [5.41, 5.74) is 4.97. The molecule has 0 unspecified atom stereocenters. The first kappa shape index (κ1) is 16.6. The van der Waals surface area contributed by atoms with Crippen molar-refractivity contribution in [3.8, 4) is 5.75 Å². The van der Waals surface area contributed by atoms with Gasteiger partial charge in [-0.1, -0.05) is 47.6 Å². The first-order valence-corrected chi connectivity index (χ1v) is 10.8. The number of hydrogen-bond donors (Lipinski definition) is 0. The molecule has 0 aliphatic heterocycles. The fourth-order valence-electron chi connectivity index (χ4n) is 4.33. The van der Waals surface area contributed by atoms with E-state index in [9.17, 15) is 0 Å². The average molecular weight is 305 g/mol. The van der Waals surface area contributed by atoms with E-state index in [-0.39, 0.29) is 0 Å². The molecule has 0 amide bonds. The summed E-state index contributed by atoms with van der Waals surface area (Å²) in [5.74, 6) is 1.12. The minimum absolute atomic E-state index is 0.633. The third-order valence-corrected chi connectivity index (χ3v) is 11.3. The first-order valence-electron chi connectivity index (χ1n) is 8.68. The highest BCUT2D eigenvalue weighted by Crippen LogP contribution is 2.43. The van der Waals surface area contributed by atoms with Crippen LogP contribution in [0.3, 0.4) is 0 Å². The topological polar surface area (TPSA) is 9.23 Å². The van der Waals surface area contributed by atoms with Crippen molar-refractivity contribution < 1.29 is 4.43 Å². The monoisotopic (exact) mass is 304 g/mol. The lowest BCUT2D eigenvalue weighted by atomic mass is 9.92. The lowest BCUT2D eigenvalue weighted by molar-refractivity contribution is 0.478. The molecule has 0 radical (unpaired) electrons. The van der Waals surface area contributed by atoms with Crippen molar-refractivity contribution in [1.29, 1.82) is 0 Å². The number of rotatable bonds is 5. The van der Waals surface area contributed by atoms with Crippen molar-refractivity contribution in [2.45, 2.75) is 83.8 Å². The van der Waals surface area contributed by atoms with Crippen LogP contribution in [-0.2, 0) is 12.8 Å². The molecular formula is C19H32OSi. The summed E-state index contributed by atoms with van der Waals surface area (Å²) in [7, 11) is -1.81. The van der Waals surface area contributed by atoms with Crippen molar-refractivity contribution in [1.82, 2.24) is 0 Å². The number of hydrogen-bond acceptors (Lipinski definition) is 1. The maximum absolute atomic E-state index is 6.79. The number of benzene rings is 1. The zero-order chi connectivity index (χ0) is 15.6. The Hall–Kier alpha value is -0.763. The SMILES string of the molecule is CC(C)[Si](Oc1ccc2c(c1)CCCC2)(C(C)C)C(C)C. The molecule has 0 atom stereocenters. The molecule has 2 rings (SSSR count). The zero-order valence-corrected chi connectivity index (χ0v) is 15.7. The van der Waals surface area contributed by atoms with Crippen LogP contribution in [0.5, 0.6) is 5.75 Å². The lowest BCUT2D eigenvalue weighted by Gasteiger charge is -2.42. The molecule has 0 heterocycles. The van der Waals surface area contributed by atoms with Crippen LogP contribution in [0.1, 0.15) is 65.5 Å². The molecule has 1 aliphatic rings. The highest BCUT2D eigenvalue weighted by Gasteiger charge is 2.47. The summed E-state index contributed by atoms with van der Waals surface area (Å²) in [6, 6.07) is 6.87. The van der Waals surface area contributed by atoms with E-state index in [0.717, 1.165) is 5.75 Å². The molecule has 1 aromatic carbocycles. The highest BCUT2D eigenvalue weighted by molar-refractivity contribution is 6.78. The zero-order valence-electron chi connectivity index (χ0n) is 14.7. The maximum atomic E-state index is 6.79. The molecule has 21 heavy (non-hydrogen) atoms. The average Bonchev–Trinajstić information content (AvgIpc) is 2.43. The minimum atomic E-state index is -1.81. The molecule has 2 heteroatoms. The van der Waals surface area contributed by atoms with Gasteiger partial charge < -0.3 is 4.43 Å². The van der Waals surface area contributed by atoms with Crippen LogP contribution in [0.4, 0.5) is 0 Å². The van der Waals surface area contributed by atoms with Gasteiger partial charge in [0.15, 0.2) is 0 Å². The van der Waals surface area contributed by atoms with Gasteiger partial charge in [0.2, 0.25) is 0 Å². The van der Waals surface area contributed by atoms with Crippen LogP contribution < -0.4 is 4.43 Å². The molecule has 0 saturated heterocycles. The Morgan fingerprint density at radius 3 is 1.86 bits per heavy atom. The van der Waals surface area contributed by atoms with Gasteiger partial charge in [-0.15, -0.1) is 0 Å². The molecular weight excluding hydrogens is 272 g/mol. The molecule has 1 aliphatic carbocycles. The van der Waals surface area contributed by atoms with Gasteiger partial charge >= 0.3 is 0 Å². The van der Waals surface area contributed by atoms with E-state index in [2.05, 4.69) is 59.7 Å². The predicted octanol–water partition coefficient (Wildman–Crippen LogP) is 6.12. The standard InChI is InChI=1S/C19H32OSi/c1-14(2)21(15(3)4,16(5)6)20-19-12-11-17-9-7-8-10-18(17)13-19/h11-16H,7-10H2,1-6H3. The van der Waals surface area contributed by atoms with Gasteiger partial charge in [0.05, 0.1) is 0 Å². The summed E-state index contributed by atoms with van der Waals surface area (Å²) in [6.07, 6.45) is 5.15. The molecule has 118 valence electrons. The van der Waals surface area contributed by atoms with Crippen LogP contribution in [-0.4, -0.2) is 8.32 Å². The molecule has 0 spiro atoms. The van der Waals surface area contributed by atoms with Crippen molar-refractivity contribution in [3.05, 3.63) is 29.3 Å². The number of aryl methyl sites for hydroxylation is 2. The van der Waals surface area contributed by atoms with Crippen molar-refractivity contribution in [2.75, 3.05) is 0 Å². The minimum Gasteiger partial charge on any atom is -0.543 e. The van der Waals surface area contributed by atoms with Crippen molar-refractivity contribution in [3.63, 3.8) is 0 Å². The van der Waals surface area contributed by atoms with Crippen LogP contribution in [0.15, 0.2) is 18.2 Å². The van der Waals surface area contributed by atoms with Gasteiger partial charge in [0.25, 0.3) is 8.32 Å². The summed E-state index contributed by atoms with van der Waals surface area (Å²) < 4.78 is 6.79. The maximum Gasteiger partial charge on any atom is 0.258 e. The van der Waals surface area contributed by atoms with Gasteiger partial charge in [0.1, 0.15) is 5.75 Å². The van der Waals surface area contributed by atoms with Crippen LogP contribution >= 0.6 is 0 Å². The Labute approximate surface area is 132 Å². The van der Waals surface area contributed by atoms with Crippen molar-refractivity contribution in [2.24, 2.45) is 0 Å². The summed E-state index contributed by atoms with van der Waals surface area (Å²) in [6.45, 7) is 14.1. The molecule has 0 saturated carbocycles. The van der Waals surface area contributed by atoms with Gasteiger partial charge in [-0.25, -0.2) is 0 Å². The smallest absolute Gasteiger partial charge is 0.258 e. The van der Waals surface area contributed by atoms with Gasteiger partial charge in [-0.3, -0.25) is 0 Å². The third kappa shape index (κ3) is 3.20. The molecule has 0 N–H and O–H groups in total. The Bertz CT molecular complexity index is 455. The molecule has 1 aromatic rings. The van der Waals surface area contributed by atoms with E-state index in [1.165, 1.54) is 31.2 Å². The summed E-state index contributed by atoms with van der Waals surface area (Å²) in [4.78, 5) is 0. The third-order valence-electron chi connectivity index (χ3n) is 5.32. The second-order valence-corrected chi connectivity index (χ2v) is 12.9. The van der Waals surface area contributed by atoms with Gasteiger partial charge in [-0.05, 0) is 65.6 Å². The van der Waals surface area contributed by atoms with E-state index in [1.54, 1.807) is 5.56 Å². The lowest BCUT2D eigenvalue weighted by Crippen LogP contribution is -2.50. The number of fused-ring (bicyclic) bond motifs is 1. The molecule has 0 bridgehead atoms. The van der Waals surface area contributed by atoms with Crippen LogP contribution in [0.25, 0.3) is 0 Å². The highest BCUT2D eigenvalue weighted by atomic mass is 28.4. The molecule has 1 nitrogen and oxygen atoms in total. The normalized spacial score (nSPS) is 15.7. The van der Waals surface area contributed by atoms with E-state index < -0.39 is 8.32 Å². The summed E-state index contributed by atoms with van der Waals surface area (Å²) >= 11 is 0. The van der Waals surface area contributed by atoms with E-state index in [4.69, 9.17) is 4.43 Å². The van der Waals surface area contributed by atoms with E-state index >= 15 is 0 Å². The first-order chi connectivity index (χ1) is 9.87. The fourth-order valence-corrected chi connectivity index (χ4v) is 9.57. The van der Waals surface area contributed by atoms with Gasteiger partial charge in [0, 0.05) is 0 Å². The Balaban J connectivity index is 2.32. The predicted molar refractivity (Wildman–Crippen MR) is 94.8 cm³/mol. The van der Waals surface area contributed by atoms with Crippen LogP contribution in [0.2, 0.25) is 16.6 Å². The van der Waals surface area contributed by atoms with Crippen molar-refractivity contribution >= 4 is 8.32 Å².